The molecule has 1 aromatic carbocycles. The zero-order valence-electron chi connectivity index (χ0n) is 14.4. The van der Waals surface area contributed by atoms with E-state index in [1.165, 1.54) is 11.3 Å². The van der Waals surface area contributed by atoms with Crippen molar-refractivity contribution in [1.82, 2.24) is 10.3 Å². The Kier molecular flexibility index (Phi) is 5.09. The molecule has 2 rings (SSSR count). The van der Waals surface area contributed by atoms with Gasteiger partial charge in [0, 0.05) is 28.4 Å². The molecule has 0 saturated carbocycles. The van der Waals surface area contributed by atoms with Gasteiger partial charge in [-0.2, -0.15) is 0 Å². The molecule has 0 radical (unpaired) electrons. The van der Waals surface area contributed by atoms with Crippen LogP contribution in [0, 0.1) is 5.41 Å². The van der Waals surface area contributed by atoms with Crippen molar-refractivity contribution >= 4 is 28.1 Å². The van der Waals surface area contributed by atoms with Gasteiger partial charge in [-0.05, 0) is 43.9 Å². The molecule has 2 aromatic rings. The summed E-state index contributed by atoms with van der Waals surface area (Å²) in [5.41, 5.74) is 1.41. The van der Waals surface area contributed by atoms with Crippen LogP contribution in [-0.2, 0) is 0 Å². The molecule has 23 heavy (non-hydrogen) atoms. The summed E-state index contributed by atoms with van der Waals surface area (Å²) in [4.78, 5) is 16.7. The third-order valence-corrected chi connectivity index (χ3v) is 3.92. The maximum absolute atomic E-state index is 12.5. The first-order valence-corrected chi connectivity index (χ1v) is 8.62. The van der Waals surface area contributed by atoms with E-state index in [4.69, 9.17) is 0 Å². The van der Waals surface area contributed by atoms with Crippen molar-refractivity contribution in [3.05, 3.63) is 41.4 Å². The van der Waals surface area contributed by atoms with Gasteiger partial charge >= 0.3 is 0 Å². The summed E-state index contributed by atoms with van der Waals surface area (Å²) in [5, 5.41) is 9.07. The fourth-order valence-electron chi connectivity index (χ4n) is 2.90. The van der Waals surface area contributed by atoms with Crippen LogP contribution in [0.5, 0.6) is 0 Å². The number of anilines is 2. The van der Waals surface area contributed by atoms with Gasteiger partial charge in [0.2, 0.25) is 0 Å². The van der Waals surface area contributed by atoms with Crippen molar-refractivity contribution in [2.45, 2.75) is 46.6 Å². The zero-order valence-corrected chi connectivity index (χ0v) is 15.3. The van der Waals surface area contributed by atoms with E-state index in [9.17, 15) is 4.79 Å². The Morgan fingerprint density at radius 2 is 1.96 bits per heavy atom. The van der Waals surface area contributed by atoms with Gasteiger partial charge < -0.3 is 10.6 Å². The molecule has 1 amide bonds. The standard InChI is InChI=1S/C18H25N3OS/c1-17(2,3)12-18(4,5)21-15(22)13-7-6-8-14(11-13)20-16-19-9-10-23-16/h6-11H,12H2,1-5H3,(H,19,20)(H,21,22). The Morgan fingerprint density at radius 1 is 1.22 bits per heavy atom. The van der Waals surface area contributed by atoms with Crippen molar-refractivity contribution in [2.24, 2.45) is 5.41 Å². The van der Waals surface area contributed by atoms with E-state index in [-0.39, 0.29) is 16.9 Å². The molecule has 0 bridgehead atoms. The zero-order chi connectivity index (χ0) is 17.1. The lowest BCUT2D eigenvalue weighted by Gasteiger charge is -2.33. The molecule has 0 saturated heterocycles. The van der Waals surface area contributed by atoms with E-state index in [2.05, 4.69) is 50.2 Å². The number of amides is 1. The molecule has 1 heterocycles. The second kappa shape index (κ2) is 6.71. The molecule has 0 atom stereocenters. The molecule has 0 fully saturated rings. The van der Waals surface area contributed by atoms with Crippen molar-refractivity contribution in [3.8, 4) is 0 Å². The molecule has 1 aromatic heterocycles. The van der Waals surface area contributed by atoms with E-state index < -0.39 is 0 Å². The van der Waals surface area contributed by atoms with Gasteiger partial charge in [-0.1, -0.05) is 26.8 Å². The molecule has 5 heteroatoms. The van der Waals surface area contributed by atoms with Gasteiger partial charge in [0.15, 0.2) is 5.13 Å². The summed E-state index contributed by atoms with van der Waals surface area (Å²) < 4.78 is 0. The van der Waals surface area contributed by atoms with Gasteiger partial charge in [0.1, 0.15) is 0 Å². The van der Waals surface area contributed by atoms with E-state index in [1.54, 1.807) is 6.20 Å². The number of hydrogen-bond donors (Lipinski definition) is 2. The molecule has 0 spiro atoms. The Morgan fingerprint density at radius 3 is 2.57 bits per heavy atom. The van der Waals surface area contributed by atoms with Crippen LogP contribution in [0.4, 0.5) is 10.8 Å². The van der Waals surface area contributed by atoms with Crippen molar-refractivity contribution in [3.63, 3.8) is 0 Å². The Labute approximate surface area is 142 Å². The van der Waals surface area contributed by atoms with Crippen LogP contribution in [0.25, 0.3) is 0 Å². The Balaban J connectivity index is 2.07. The number of aromatic nitrogens is 1. The lowest BCUT2D eigenvalue weighted by atomic mass is 9.81. The summed E-state index contributed by atoms with van der Waals surface area (Å²) in [5.74, 6) is -0.0537. The minimum Gasteiger partial charge on any atom is -0.347 e. The lowest BCUT2D eigenvalue weighted by molar-refractivity contribution is 0.0891. The molecule has 0 aliphatic rings. The molecule has 0 unspecified atom stereocenters. The molecule has 0 aliphatic carbocycles. The highest BCUT2D eigenvalue weighted by atomic mass is 32.1. The fraction of sp³-hybridized carbons (Fsp3) is 0.444. The van der Waals surface area contributed by atoms with Crippen molar-refractivity contribution < 1.29 is 4.79 Å². The van der Waals surface area contributed by atoms with Crippen LogP contribution >= 0.6 is 11.3 Å². The van der Waals surface area contributed by atoms with Crippen LogP contribution < -0.4 is 10.6 Å². The van der Waals surface area contributed by atoms with E-state index >= 15 is 0 Å². The smallest absolute Gasteiger partial charge is 0.251 e. The van der Waals surface area contributed by atoms with Crippen LogP contribution in [0.1, 0.15) is 51.4 Å². The highest BCUT2D eigenvalue weighted by Crippen LogP contribution is 2.27. The molecule has 0 aliphatic heterocycles. The molecule has 2 N–H and O–H groups in total. The van der Waals surface area contributed by atoms with Crippen molar-refractivity contribution in [1.29, 1.82) is 0 Å². The highest BCUT2D eigenvalue weighted by molar-refractivity contribution is 7.13. The van der Waals surface area contributed by atoms with E-state index in [0.29, 0.717) is 5.56 Å². The monoisotopic (exact) mass is 331 g/mol. The number of carbonyl (C=O) groups excluding carboxylic acids is 1. The average molecular weight is 331 g/mol. The van der Waals surface area contributed by atoms with Gasteiger partial charge in [-0.25, -0.2) is 4.98 Å². The molecular formula is C18H25N3OS. The lowest BCUT2D eigenvalue weighted by Crippen LogP contribution is -2.45. The second-order valence-electron chi connectivity index (χ2n) is 7.62. The van der Waals surface area contributed by atoms with Gasteiger partial charge in [0.25, 0.3) is 5.91 Å². The fourth-order valence-corrected chi connectivity index (χ4v) is 3.45. The third-order valence-electron chi connectivity index (χ3n) is 3.23. The minimum atomic E-state index is -0.256. The Bertz CT molecular complexity index is 657. The summed E-state index contributed by atoms with van der Waals surface area (Å²) >= 11 is 1.53. The first-order chi connectivity index (χ1) is 10.6. The van der Waals surface area contributed by atoms with Crippen LogP contribution in [-0.4, -0.2) is 16.4 Å². The minimum absolute atomic E-state index is 0.0537. The number of benzene rings is 1. The summed E-state index contributed by atoms with van der Waals surface area (Å²) in [7, 11) is 0. The Hall–Kier alpha value is -1.88. The topological polar surface area (TPSA) is 54.0 Å². The number of carbonyl (C=O) groups is 1. The van der Waals surface area contributed by atoms with E-state index in [0.717, 1.165) is 17.2 Å². The summed E-state index contributed by atoms with van der Waals surface area (Å²) in [6, 6.07) is 7.49. The number of rotatable bonds is 5. The predicted molar refractivity (Wildman–Crippen MR) is 97.5 cm³/mol. The largest absolute Gasteiger partial charge is 0.347 e. The summed E-state index contributed by atoms with van der Waals surface area (Å²) in [6.07, 6.45) is 2.65. The number of thiazole rings is 1. The van der Waals surface area contributed by atoms with Crippen LogP contribution in [0.3, 0.4) is 0 Å². The van der Waals surface area contributed by atoms with Gasteiger partial charge in [-0.15, -0.1) is 11.3 Å². The maximum Gasteiger partial charge on any atom is 0.251 e. The number of hydrogen-bond acceptors (Lipinski definition) is 4. The average Bonchev–Trinajstić information content (AvgIpc) is 2.88. The molecular weight excluding hydrogens is 306 g/mol. The third kappa shape index (κ3) is 5.67. The second-order valence-corrected chi connectivity index (χ2v) is 8.51. The summed E-state index contributed by atoms with van der Waals surface area (Å²) in [6.45, 7) is 10.7. The molecule has 4 nitrogen and oxygen atoms in total. The van der Waals surface area contributed by atoms with Crippen LogP contribution in [0.2, 0.25) is 0 Å². The van der Waals surface area contributed by atoms with Gasteiger partial charge in [0.05, 0.1) is 0 Å². The first kappa shape index (κ1) is 17.5. The predicted octanol–water partition coefficient (Wildman–Crippen LogP) is 4.83. The first-order valence-electron chi connectivity index (χ1n) is 7.74. The number of nitrogens with zero attached hydrogens (tertiary/aromatic N) is 1. The number of nitrogens with one attached hydrogen (secondary N) is 2. The van der Waals surface area contributed by atoms with Crippen LogP contribution in [0.15, 0.2) is 35.8 Å². The highest BCUT2D eigenvalue weighted by Gasteiger charge is 2.27. The van der Waals surface area contributed by atoms with Gasteiger partial charge in [-0.3, -0.25) is 4.79 Å². The SMILES string of the molecule is CC(C)(C)CC(C)(C)NC(=O)c1cccc(Nc2nccs2)c1. The maximum atomic E-state index is 12.5. The quantitative estimate of drug-likeness (QED) is 0.825. The van der Waals surface area contributed by atoms with E-state index in [1.807, 2.05) is 29.6 Å². The van der Waals surface area contributed by atoms with Crippen molar-refractivity contribution in [2.75, 3.05) is 5.32 Å². The molecule has 124 valence electrons. The normalized spacial score (nSPS) is 12.0.